The highest BCUT2D eigenvalue weighted by Crippen LogP contribution is 2.36. The number of benzene rings is 1. The molecule has 3 rings (SSSR count). The maximum atomic E-state index is 13.8. The van der Waals surface area contributed by atoms with Crippen LogP contribution in [-0.4, -0.2) is 41.3 Å². The molecule has 1 saturated heterocycles. The lowest BCUT2D eigenvalue weighted by molar-refractivity contribution is -0.203. The summed E-state index contributed by atoms with van der Waals surface area (Å²) in [7, 11) is 0. The van der Waals surface area contributed by atoms with Crippen LogP contribution in [0, 0.1) is 0 Å². The van der Waals surface area contributed by atoms with Crippen LogP contribution in [0.5, 0.6) is 0 Å². The van der Waals surface area contributed by atoms with Crippen molar-refractivity contribution in [1.29, 1.82) is 0 Å². The maximum Gasteiger partial charge on any atom is 0.434 e. The lowest BCUT2D eigenvalue weighted by atomic mass is 9.94. The number of halogens is 3. The predicted molar refractivity (Wildman–Crippen MR) is 89.2 cm³/mol. The Labute approximate surface area is 149 Å². The van der Waals surface area contributed by atoms with E-state index in [1.54, 1.807) is 24.3 Å². The molecule has 0 unspecified atom stereocenters. The van der Waals surface area contributed by atoms with Crippen LogP contribution in [0.15, 0.2) is 30.3 Å². The van der Waals surface area contributed by atoms with Crippen LogP contribution in [-0.2, 0) is 11.2 Å². The Morgan fingerprint density at radius 1 is 1.12 bits per heavy atom. The second kappa shape index (κ2) is 7.26. The first-order chi connectivity index (χ1) is 12.3. The van der Waals surface area contributed by atoms with Crippen molar-refractivity contribution in [1.82, 2.24) is 15.5 Å². The summed E-state index contributed by atoms with van der Waals surface area (Å²) < 4.78 is 41.3. The van der Waals surface area contributed by atoms with E-state index in [1.807, 2.05) is 11.4 Å². The lowest BCUT2D eigenvalue weighted by Gasteiger charge is -2.32. The summed E-state index contributed by atoms with van der Waals surface area (Å²) in [4.78, 5) is 25.7. The quantitative estimate of drug-likeness (QED) is 0.785. The van der Waals surface area contributed by atoms with Gasteiger partial charge in [-0.3, -0.25) is 15.0 Å². The Morgan fingerprint density at radius 3 is 2.38 bits per heavy atom. The molecule has 2 aliphatic rings. The van der Waals surface area contributed by atoms with Gasteiger partial charge < -0.3 is 5.32 Å². The highest BCUT2D eigenvalue weighted by molar-refractivity contribution is 6.07. The molecule has 26 heavy (non-hydrogen) atoms. The van der Waals surface area contributed by atoms with E-state index >= 15 is 0 Å². The summed E-state index contributed by atoms with van der Waals surface area (Å²) in [5.41, 5.74) is -2.20. The van der Waals surface area contributed by atoms with E-state index < -0.39 is 29.8 Å². The van der Waals surface area contributed by atoms with E-state index in [1.165, 1.54) is 0 Å². The van der Waals surface area contributed by atoms with Gasteiger partial charge in [-0.1, -0.05) is 49.6 Å². The second-order valence-electron chi connectivity index (χ2n) is 6.81. The smallest absolute Gasteiger partial charge is 0.304 e. The van der Waals surface area contributed by atoms with Crippen molar-refractivity contribution in [3.63, 3.8) is 0 Å². The maximum absolute atomic E-state index is 13.8. The second-order valence-corrected chi connectivity index (χ2v) is 6.81. The van der Waals surface area contributed by atoms with Crippen molar-refractivity contribution in [2.45, 2.75) is 56.4 Å². The fourth-order valence-corrected chi connectivity index (χ4v) is 3.67. The molecule has 1 aliphatic heterocycles. The number of hydrogen-bond donors (Lipinski definition) is 2. The molecular weight excluding hydrogens is 347 g/mol. The van der Waals surface area contributed by atoms with E-state index in [2.05, 4.69) is 5.32 Å². The zero-order valence-corrected chi connectivity index (χ0v) is 14.3. The van der Waals surface area contributed by atoms with Crippen LogP contribution in [0.4, 0.5) is 18.0 Å². The Kier molecular flexibility index (Phi) is 5.22. The molecule has 1 aromatic rings. The number of nitrogens with zero attached hydrogens (tertiary/aromatic N) is 1. The molecule has 0 aromatic heterocycles. The summed E-state index contributed by atoms with van der Waals surface area (Å²) in [6, 6.07) is 7.57. The van der Waals surface area contributed by atoms with E-state index in [0.717, 1.165) is 29.7 Å². The summed E-state index contributed by atoms with van der Waals surface area (Å²) >= 11 is 0. The monoisotopic (exact) mass is 369 g/mol. The minimum atomic E-state index is -4.93. The van der Waals surface area contributed by atoms with Crippen LogP contribution in [0.2, 0.25) is 0 Å². The molecule has 1 aliphatic carbocycles. The third kappa shape index (κ3) is 3.42. The number of rotatable bonds is 5. The van der Waals surface area contributed by atoms with E-state index in [0.29, 0.717) is 19.3 Å². The van der Waals surface area contributed by atoms with E-state index in [4.69, 9.17) is 0 Å². The lowest BCUT2D eigenvalue weighted by Crippen LogP contribution is -2.68. The number of imide groups is 1. The van der Waals surface area contributed by atoms with Gasteiger partial charge in [0.1, 0.15) is 0 Å². The molecule has 0 bridgehead atoms. The first-order valence-electron chi connectivity index (χ1n) is 8.86. The first-order valence-corrected chi connectivity index (χ1v) is 8.86. The van der Waals surface area contributed by atoms with Crippen LogP contribution < -0.4 is 10.6 Å². The van der Waals surface area contributed by atoms with Crippen molar-refractivity contribution < 1.29 is 22.8 Å². The number of carbonyl (C=O) groups excluding carboxylic acids is 2. The molecule has 1 saturated carbocycles. The third-order valence-electron chi connectivity index (χ3n) is 5.06. The molecule has 2 N–H and O–H groups in total. The summed E-state index contributed by atoms with van der Waals surface area (Å²) in [6.07, 6.45) is -0.927. The molecule has 3 amide bonds. The molecule has 142 valence electrons. The highest BCUT2D eigenvalue weighted by Gasteiger charge is 2.68. The fourth-order valence-electron chi connectivity index (χ4n) is 3.67. The molecule has 1 atom stereocenters. The summed E-state index contributed by atoms with van der Waals surface area (Å²) in [5.74, 6) is -1.24. The number of alkyl halides is 3. The molecule has 2 fully saturated rings. The van der Waals surface area contributed by atoms with Gasteiger partial charge in [-0.05, 0) is 24.8 Å². The molecule has 8 heteroatoms. The van der Waals surface area contributed by atoms with Gasteiger partial charge in [0, 0.05) is 12.6 Å². The molecule has 1 heterocycles. The highest BCUT2D eigenvalue weighted by atomic mass is 19.4. The number of carbonyl (C=O) groups is 2. The zero-order chi connectivity index (χ0) is 18.8. The number of nitrogens with one attached hydrogen (secondary N) is 2. The fraction of sp³-hybridized carbons (Fsp3) is 0.556. The van der Waals surface area contributed by atoms with E-state index in [9.17, 15) is 22.8 Å². The number of urea groups is 1. The van der Waals surface area contributed by atoms with Gasteiger partial charge in [-0.15, -0.1) is 0 Å². The predicted octanol–water partition coefficient (Wildman–Crippen LogP) is 2.96. The molecule has 5 nitrogen and oxygen atoms in total. The number of amides is 3. The van der Waals surface area contributed by atoms with Gasteiger partial charge in [0.2, 0.25) is 0 Å². The van der Waals surface area contributed by atoms with Crippen molar-refractivity contribution in [2.75, 3.05) is 6.54 Å². The van der Waals surface area contributed by atoms with Gasteiger partial charge in [-0.25, -0.2) is 4.79 Å². The zero-order valence-electron chi connectivity index (χ0n) is 14.3. The van der Waals surface area contributed by atoms with Crippen LogP contribution in [0.25, 0.3) is 0 Å². The van der Waals surface area contributed by atoms with Crippen molar-refractivity contribution >= 4 is 11.9 Å². The largest absolute Gasteiger partial charge is 0.434 e. The average molecular weight is 369 g/mol. The van der Waals surface area contributed by atoms with Crippen molar-refractivity contribution in [2.24, 2.45) is 0 Å². The molecule has 0 radical (unpaired) electrons. The Hall–Kier alpha value is -2.09. The molecule has 0 spiro atoms. The SMILES string of the molecule is O=C1N[C@@](NCCc2ccccc2)(C(F)(F)F)C(=O)N1C1CCCCC1. The third-order valence-corrected chi connectivity index (χ3v) is 5.06. The van der Waals surface area contributed by atoms with Crippen LogP contribution in [0.3, 0.4) is 0 Å². The van der Waals surface area contributed by atoms with Crippen molar-refractivity contribution in [3.05, 3.63) is 35.9 Å². The van der Waals surface area contributed by atoms with E-state index in [-0.39, 0.29) is 6.54 Å². The van der Waals surface area contributed by atoms with Crippen molar-refractivity contribution in [3.8, 4) is 0 Å². The van der Waals surface area contributed by atoms with Crippen LogP contribution >= 0.6 is 0 Å². The minimum Gasteiger partial charge on any atom is -0.304 e. The van der Waals surface area contributed by atoms with Gasteiger partial charge >= 0.3 is 12.2 Å². The summed E-state index contributed by atoms with van der Waals surface area (Å²) in [5, 5.41) is 4.18. The minimum absolute atomic E-state index is 0.0892. The average Bonchev–Trinajstić information content (AvgIpc) is 2.88. The normalized spacial score (nSPS) is 24.8. The Morgan fingerprint density at radius 2 is 1.77 bits per heavy atom. The first kappa shape index (κ1) is 18.7. The van der Waals surface area contributed by atoms with Gasteiger partial charge in [0.05, 0.1) is 0 Å². The Balaban J connectivity index is 1.77. The summed E-state index contributed by atoms with van der Waals surface area (Å²) in [6.45, 7) is -0.0892. The standard InChI is InChI=1S/C18H22F3N3O2/c19-18(20,21)17(22-12-11-13-7-3-1-4-8-13)15(25)24(16(26)23-17)14-9-5-2-6-10-14/h1,3-4,7-8,14,22H,2,5-6,9-12H2,(H,23,26)/t17-/m1/s1. The van der Waals surface area contributed by atoms with Gasteiger partial charge in [0.25, 0.3) is 11.6 Å². The van der Waals surface area contributed by atoms with Gasteiger partial charge in [0.15, 0.2) is 0 Å². The molecular formula is C18H22F3N3O2. The molecule has 1 aromatic carbocycles. The van der Waals surface area contributed by atoms with Crippen LogP contribution in [0.1, 0.15) is 37.7 Å². The number of hydrogen-bond acceptors (Lipinski definition) is 3. The topological polar surface area (TPSA) is 61.4 Å². The van der Waals surface area contributed by atoms with Gasteiger partial charge in [-0.2, -0.15) is 13.2 Å². The Bertz CT molecular complexity index is 659.